The van der Waals surface area contributed by atoms with Crippen molar-refractivity contribution in [2.45, 2.75) is 26.3 Å². The Morgan fingerprint density at radius 2 is 1.95 bits per heavy atom. The molecule has 1 heterocycles. The Labute approximate surface area is 113 Å². The van der Waals surface area contributed by atoms with Crippen LogP contribution in [-0.4, -0.2) is 28.4 Å². The van der Waals surface area contributed by atoms with Gasteiger partial charge in [-0.05, 0) is 11.5 Å². The van der Waals surface area contributed by atoms with Crippen LogP contribution in [0.25, 0.3) is 0 Å². The van der Waals surface area contributed by atoms with Gasteiger partial charge in [0.15, 0.2) is 0 Å². The average Bonchev–Trinajstić information content (AvgIpc) is 2.73. The molecule has 4 heteroatoms. The van der Waals surface area contributed by atoms with Crippen molar-refractivity contribution >= 4 is 11.9 Å². The first-order valence-corrected chi connectivity index (χ1v) is 6.58. The number of carboxylic acid groups (broad SMARTS) is 1. The standard InChI is InChI=1S/C15H19NO3/c1-10(2)14(11-6-4-3-5-7-11)16-9-12(15(18)19)8-13(16)17/h3-7,10,12,14H,8-9H2,1-2H3,(H,18,19). The second-order valence-electron chi connectivity index (χ2n) is 5.38. The molecule has 19 heavy (non-hydrogen) atoms. The zero-order chi connectivity index (χ0) is 14.0. The van der Waals surface area contributed by atoms with Gasteiger partial charge >= 0.3 is 5.97 Å². The van der Waals surface area contributed by atoms with E-state index >= 15 is 0 Å². The molecule has 2 atom stereocenters. The van der Waals surface area contributed by atoms with Gasteiger partial charge in [0.05, 0.1) is 12.0 Å². The molecule has 1 saturated heterocycles. The van der Waals surface area contributed by atoms with Crippen molar-refractivity contribution in [1.82, 2.24) is 4.90 Å². The largest absolute Gasteiger partial charge is 0.481 e. The molecule has 1 aromatic rings. The molecule has 1 N–H and O–H groups in total. The number of aliphatic carboxylic acids is 1. The monoisotopic (exact) mass is 261 g/mol. The topological polar surface area (TPSA) is 57.6 Å². The quantitative estimate of drug-likeness (QED) is 0.905. The highest BCUT2D eigenvalue weighted by Crippen LogP contribution is 2.33. The van der Waals surface area contributed by atoms with Gasteiger partial charge in [0, 0.05) is 13.0 Å². The molecule has 0 saturated carbocycles. The summed E-state index contributed by atoms with van der Waals surface area (Å²) in [6.07, 6.45) is 0.116. The van der Waals surface area contributed by atoms with Gasteiger partial charge in [-0.3, -0.25) is 9.59 Å². The molecule has 2 unspecified atom stereocenters. The van der Waals surface area contributed by atoms with Crippen LogP contribution in [0.5, 0.6) is 0 Å². The van der Waals surface area contributed by atoms with Crippen molar-refractivity contribution < 1.29 is 14.7 Å². The van der Waals surface area contributed by atoms with E-state index in [9.17, 15) is 9.59 Å². The van der Waals surface area contributed by atoms with Crippen LogP contribution in [0.3, 0.4) is 0 Å². The van der Waals surface area contributed by atoms with Crippen molar-refractivity contribution in [3.05, 3.63) is 35.9 Å². The summed E-state index contributed by atoms with van der Waals surface area (Å²) < 4.78 is 0. The molecule has 102 valence electrons. The lowest BCUT2D eigenvalue weighted by Crippen LogP contribution is -2.34. The van der Waals surface area contributed by atoms with Gasteiger partial charge < -0.3 is 10.0 Å². The predicted molar refractivity (Wildman–Crippen MR) is 71.5 cm³/mol. The van der Waals surface area contributed by atoms with Crippen LogP contribution in [-0.2, 0) is 9.59 Å². The van der Waals surface area contributed by atoms with Crippen molar-refractivity contribution in [2.24, 2.45) is 11.8 Å². The number of carbonyl (C=O) groups is 2. The molecule has 0 radical (unpaired) electrons. The predicted octanol–water partition coefficient (Wildman–Crippen LogP) is 2.32. The number of amides is 1. The zero-order valence-electron chi connectivity index (χ0n) is 11.2. The average molecular weight is 261 g/mol. The summed E-state index contributed by atoms with van der Waals surface area (Å²) in [5.41, 5.74) is 1.07. The van der Waals surface area contributed by atoms with E-state index in [1.54, 1.807) is 4.90 Å². The van der Waals surface area contributed by atoms with Crippen molar-refractivity contribution in [2.75, 3.05) is 6.54 Å². The lowest BCUT2D eigenvalue weighted by Gasteiger charge is -2.31. The van der Waals surface area contributed by atoms with Gasteiger partial charge in [0.2, 0.25) is 5.91 Å². The first-order chi connectivity index (χ1) is 9.00. The summed E-state index contributed by atoms with van der Waals surface area (Å²) in [5, 5.41) is 9.06. The number of rotatable bonds is 4. The number of hydrogen-bond donors (Lipinski definition) is 1. The van der Waals surface area contributed by atoms with Crippen molar-refractivity contribution in [1.29, 1.82) is 0 Å². The number of hydrogen-bond acceptors (Lipinski definition) is 2. The van der Waals surface area contributed by atoms with Gasteiger partial charge in [-0.2, -0.15) is 0 Å². The Hall–Kier alpha value is -1.84. The maximum Gasteiger partial charge on any atom is 0.308 e. The van der Waals surface area contributed by atoms with Crippen LogP contribution in [0.2, 0.25) is 0 Å². The van der Waals surface area contributed by atoms with Crippen LogP contribution in [0, 0.1) is 11.8 Å². The number of carbonyl (C=O) groups excluding carboxylic acids is 1. The highest BCUT2D eigenvalue weighted by atomic mass is 16.4. The Balaban J connectivity index is 2.26. The SMILES string of the molecule is CC(C)C(c1ccccc1)N1CC(C(=O)O)CC1=O. The second-order valence-corrected chi connectivity index (χ2v) is 5.38. The lowest BCUT2D eigenvalue weighted by molar-refractivity contribution is -0.141. The number of likely N-dealkylation sites (tertiary alicyclic amines) is 1. The molecule has 1 aliphatic rings. The molecule has 0 aliphatic carbocycles. The molecule has 1 aromatic carbocycles. The van der Waals surface area contributed by atoms with Crippen LogP contribution in [0.4, 0.5) is 0 Å². The maximum absolute atomic E-state index is 12.1. The summed E-state index contributed by atoms with van der Waals surface area (Å²) in [6, 6.07) is 9.77. The molecule has 4 nitrogen and oxygen atoms in total. The maximum atomic E-state index is 12.1. The number of nitrogens with zero attached hydrogens (tertiary/aromatic N) is 1. The minimum Gasteiger partial charge on any atom is -0.481 e. The van der Waals surface area contributed by atoms with Crippen LogP contribution >= 0.6 is 0 Å². The highest BCUT2D eigenvalue weighted by Gasteiger charge is 2.39. The Morgan fingerprint density at radius 1 is 1.32 bits per heavy atom. The van der Waals surface area contributed by atoms with Crippen LogP contribution in [0.1, 0.15) is 31.9 Å². The normalized spacial score (nSPS) is 20.9. The van der Waals surface area contributed by atoms with E-state index in [1.165, 1.54) is 0 Å². The summed E-state index contributed by atoms with van der Waals surface area (Å²) in [7, 11) is 0. The van der Waals surface area contributed by atoms with Crippen LogP contribution in [0.15, 0.2) is 30.3 Å². The summed E-state index contributed by atoms with van der Waals surface area (Å²) in [6.45, 7) is 4.42. The lowest BCUT2D eigenvalue weighted by atomic mass is 9.94. The molecule has 1 fully saturated rings. The first kappa shape index (κ1) is 13.6. The van der Waals surface area contributed by atoms with Gasteiger partial charge in [-0.15, -0.1) is 0 Å². The van der Waals surface area contributed by atoms with E-state index in [4.69, 9.17) is 5.11 Å². The van der Waals surface area contributed by atoms with Crippen LogP contribution < -0.4 is 0 Å². The highest BCUT2D eigenvalue weighted by molar-refractivity contribution is 5.86. The minimum absolute atomic E-state index is 0.0435. The molecule has 1 aliphatic heterocycles. The van der Waals surface area contributed by atoms with Gasteiger partial charge in [-0.25, -0.2) is 0 Å². The van der Waals surface area contributed by atoms with E-state index in [2.05, 4.69) is 13.8 Å². The summed E-state index contributed by atoms with van der Waals surface area (Å²) in [4.78, 5) is 24.8. The zero-order valence-corrected chi connectivity index (χ0v) is 11.2. The molecular weight excluding hydrogens is 242 g/mol. The second kappa shape index (κ2) is 5.43. The molecule has 0 spiro atoms. The number of carboxylic acids is 1. The summed E-state index contributed by atoms with van der Waals surface area (Å²) in [5.74, 6) is -1.27. The van der Waals surface area contributed by atoms with E-state index in [-0.39, 0.29) is 24.3 Å². The fraction of sp³-hybridized carbons (Fsp3) is 0.467. The molecule has 0 aromatic heterocycles. The third kappa shape index (κ3) is 2.78. The Morgan fingerprint density at radius 3 is 2.42 bits per heavy atom. The molecule has 2 rings (SSSR count). The van der Waals surface area contributed by atoms with Crippen molar-refractivity contribution in [3.8, 4) is 0 Å². The minimum atomic E-state index is -0.883. The molecule has 0 bridgehead atoms. The smallest absolute Gasteiger partial charge is 0.308 e. The Kier molecular flexibility index (Phi) is 3.88. The molecule has 1 amide bonds. The van der Waals surface area contributed by atoms with Gasteiger partial charge in [0.25, 0.3) is 0 Å². The van der Waals surface area contributed by atoms with Crippen molar-refractivity contribution in [3.63, 3.8) is 0 Å². The molecular formula is C15H19NO3. The third-order valence-electron chi connectivity index (χ3n) is 3.62. The van der Waals surface area contributed by atoms with Gasteiger partial charge in [0.1, 0.15) is 0 Å². The first-order valence-electron chi connectivity index (χ1n) is 6.58. The van der Waals surface area contributed by atoms with Gasteiger partial charge in [-0.1, -0.05) is 44.2 Å². The van der Waals surface area contributed by atoms with E-state index < -0.39 is 11.9 Å². The summed E-state index contributed by atoms with van der Waals surface area (Å²) >= 11 is 0. The number of benzene rings is 1. The fourth-order valence-corrected chi connectivity index (χ4v) is 2.74. The van der Waals surface area contributed by atoms with E-state index in [0.717, 1.165) is 5.56 Å². The van der Waals surface area contributed by atoms with E-state index in [0.29, 0.717) is 6.54 Å². The fourth-order valence-electron chi connectivity index (χ4n) is 2.74. The third-order valence-corrected chi connectivity index (χ3v) is 3.62. The van der Waals surface area contributed by atoms with E-state index in [1.807, 2.05) is 30.3 Å². The Bertz CT molecular complexity index is 470.